The molecule has 1 fully saturated rings. The van der Waals surface area contributed by atoms with Gasteiger partial charge in [-0.2, -0.15) is 5.10 Å². The Hall–Kier alpha value is -1.40. The number of aryl methyl sites for hydroxylation is 2. The van der Waals surface area contributed by atoms with Crippen molar-refractivity contribution in [2.75, 3.05) is 32.0 Å². The van der Waals surface area contributed by atoms with Crippen LogP contribution in [0.2, 0.25) is 0 Å². The molecule has 2 rings (SSSR count). The van der Waals surface area contributed by atoms with Crippen LogP contribution in [0.15, 0.2) is 0 Å². The van der Waals surface area contributed by atoms with Crippen molar-refractivity contribution in [2.45, 2.75) is 26.3 Å². The minimum Gasteiger partial charge on any atom is -0.322 e. The van der Waals surface area contributed by atoms with Crippen LogP contribution < -0.4 is 10.6 Å². The van der Waals surface area contributed by atoms with Crippen LogP contribution in [0.4, 0.5) is 5.69 Å². The van der Waals surface area contributed by atoms with Crippen molar-refractivity contribution < 1.29 is 4.79 Å². The Morgan fingerprint density at radius 2 is 2.33 bits per heavy atom. The molecule has 100 valence electrons. The maximum Gasteiger partial charge on any atom is 0.238 e. The zero-order valence-corrected chi connectivity index (χ0v) is 11.2. The van der Waals surface area contributed by atoms with Gasteiger partial charge in [-0.05, 0) is 33.9 Å². The zero-order valence-electron chi connectivity index (χ0n) is 11.2. The molecule has 0 spiro atoms. The van der Waals surface area contributed by atoms with E-state index in [1.54, 1.807) is 0 Å². The molecule has 6 nitrogen and oxygen atoms in total. The van der Waals surface area contributed by atoms with E-state index in [4.69, 9.17) is 0 Å². The summed E-state index contributed by atoms with van der Waals surface area (Å²) in [5.74, 6) is 0.0111. The van der Waals surface area contributed by atoms with Crippen molar-refractivity contribution in [1.82, 2.24) is 20.4 Å². The summed E-state index contributed by atoms with van der Waals surface area (Å²) in [5.41, 5.74) is 2.52. The molecule has 0 saturated carbocycles. The average Bonchev–Trinajstić information content (AvgIpc) is 2.94. The number of rotatable bonds is 4. The molecule has 0 radical (unpaired) electrons. The van der Waals surface area contributed by atoms with E-state index in [9.17, 15) is 4.79 Å². The summed E-state index contributed by atoms with van der Waals surface area (Å²) in [6.07, 6.45) is 1.10. The molecule has 1 aromatic rings. The number of likely N-dealkylation sites (N-methyl/N-ethyl adjacent to an activating group) is 1. The maximum absolute atomic E-state index is 12.0. The Labute approximate surface area is 107 Å². The standard InChI is InChI=1S/C12H21N5O/c1-8-12(9(2)16-15-8)14-11(18)7-17(3)10-4-5-13-6-10/h10,13H,4-7H2,1-3H3,(H,14,18)(H,15,16). The Kier molecular flexibility index (Phi) is 3.98. The number of nitrogens with one attached hydrogen (secondary N) is 3. The van der Waals surface area contributed by atoms with E-state index in [-0.39, 0.29) is 5.91 Å². The van der Waals surface area contributed by atoms with Crippen LogP contribution in [0.1, 0.15) is 17.8 Å². The molecule has 6 heteroatoms. The Balaban J connectivity index is 1.88. The molecule has 1 aromatic heterocycles. The fraction of sp³-hybridized carbons (Fsp3) is 0.667. The molecule has 2 heterocycles. The molecule has 0 aliphatic carbocycles. The van der Waals surface area contributed by atoms with Crippen LogP contribution in [0.3, 0.4) is 0 Å². The third-order valence-corrected chi connectivity index (χ3v) is 3.44. The lowest BCUT2D eigenvalue weighted by Gasteiger charge is -2.22. The number of H-pyrrole nitrogens is 1. The van der Waals surface area contributed by atoms with E-state index < -0.39 is 0 Å². The number of carbonyl (C=O) groups is 1. The molecule has 1 amide bonds. The number of carbonyl (C=O) groups excluding carboxylic acids is 1. The summed E-state index contributed by atoms with van der Waals surface area (Å²) >= 11 is 0. The highest BCUT2D eigenvalue weighted by Gasteiger charge is 2.21. The van der Waals surface area contributed by atoms with E-state index >= 15 is 0 Å². The molecule has 1 unspecified atom stereocenters. The maximum atomic E-state index is 12.0. The predicted octanol–water partition coefficient (Wildman–Crippen LogP) is 0.259. The molecular weight excluding hydrogens is 230 g/mol. The lowest BCUT2D eigenvalue weighted by atomic mass is 10.2. The predicted molar refractivity (Wildman–Crippen MR) is 70.6 cm³/mol. The van der Waals surface area contributed by atoms with Gasteiger partial charge in [-0.1, -0.05) is 0 Å². The number of anilines is 1. The minimum atomic E-state index is 0.0111. The highest BCUT2D eigenvalue weighted by Crippen LogP contribution is 2.16. The van der Waals surface area contributed by atoms with Gasteiger partial charge in [0.2, 0.25) is 5.91 Å². The molecule has 0 aromatic carbocycles. The van der Waals surface area contributed by atoms with E-state index in [2.05, 4.69) is 25.7 Å². The molecule has 1 atom stereocenters. The summed E-state index contributed by atoms with van der Waals surface area (Å²) in [5, 5.41) is 13.1. The van der Waals surface area contributed by atoms with Gasteiger partial charge < -0.3 is 10.6 Å². The van der Waals surface area contributed by atoms with Crippen molar-refractivity contribution in [2.24, 2.45) is 0 Å². The van der Waals surface area contributed by atoms with Crippen molar-refractivity contribution in [3.05, 3.63) is 11.4 Å². The topological polar surface area (TPSA) is 73.0 Å². The van der Waals surface area contributed by atoms with Gasteiger partial charge in [-0.15, -0.1) is 0 Å². The fourth-order valence-corrected chi connectivity index (χ4v) is 2.29. The van der Waals surface area contributed by atoms with Crippen LogP contribution in [-0.4, -0.2) is 53.7 Å². The first kappa shape index (κ1) is 13.0. The van der Waals surface area contributed by atoms with Crippen LogP contribution in [0.25, 0.3) is 0 Å². The second kappa shape index (κ2) is 5.49. The molecule has 1 aliphatic heterocycles. The SMILES string of the molecule is Cc1n[nH]c(C)c1NC(=O)CN(C)C1CCNC1. The normalized spacial score (nSPS) is 19.4. The molecule has 1 aliphatic rings. The largest absolute Gasteiger partial charge is 0.322 e. The summed E-state index contributed by atoms with van der Waals surface area (Å²) in [6, 6.07) is 0.460. The summed E-state index contributed by atoms with van der Waals surface area (Å²) in [6.45, 7) is 6.20. The lowest BCUT2D eigenvalue weighted by Crippen LogP contribution is -2.39. The number of hydrogen-bond acceptors (Lipinski definition) is 4. The van der Waals surface area contributed by atoms with Crippen molar-refractivity contribution >= 4 is 11.6 Å². The molecular formula is C12H21N5O. The van der Waals surface area contributed by atoms with Gasteiger partial charge in [0.1, 0.15) is 0 Å². The highest BCUT2D eigenvalue weighted by atomic mass is 16.2. The Morgan fingerprint density at radius 1 is 1.56 bits per heavy atom. The molecule has 18 heavy (non-hydrogen) atoms. The first-order valence-electron chi connectivity index (χ1n) is 6.30. The Bertz CT molecular complexity index is 403. The number of hydrogen-bond donors (Lipinski definition) is 3. The zero-order chi connectivity index (χ0) is 13.1. The third kappa shape index (κ3) is 2.88. The van der Waals surface area contributed by atoms with Crippen molar-refractivity contribution in [3.63, 3.8) is 0 Å². The molecule has 3 N–H and O–H groups in total. The van der Waals surface area contributed by atoms with Crippen molar-refractivity contribution in [1.29, 1.82) is 0 Å². The summed E-state index contributed by atoms with van der Waals surface area (Å²) in [4.78, 5) is 14.1. The number of nitrogens with zero attached hydrogens (tertiary/aromatic N) is 2. The van der Waals surface area contributed by atoms with Crippen molar-refractivity contribution in [3.8, 4) is 0 Å². The number of amides is 1. The quantitative estimate of drug-likeness (QED) is 0.717. The number of aromatic amines is 1. The number of aromatic nitrogens is 2. The monoisotopic (exact) mass is 251 g/mol. The van der Waals surface area contributed by atoms with Gasteiger partial charge in [0, 0.05) is 12.6 Å². The summed E-state index contributed by atoms with van der Waals surface area (Å²) < 4.78 is 0. The Morgan fingerprint density at radius 3 is 2.89 bits per heavy atom. The fourth-order valence-electron chi connectivity index (χ4n) is 2.29. The van der Waals surface area contributed by atoms with Crippen LogP contribution >= 0.6 is 0 Å². The first-order valence-corrected chi connectivity index (χ1v) is 6.30. The van der Waals surface area contributed by atoms with Gasteiger partial charge in [0.05, 0.1) is 23.6 Å². The van der Waals surface area contributed by atoms with Gasteiger partial charge in [0.15, 0.2) is 0 Å². The summed E-state index contributed by atoms with van der Waals surface area (Å²) in [7, 11) is 1.99. The van der Waals surface area contributed by atoms with Crippen LogP contribution in [0.5, 0.6) is 0 Å². The van der Waals surface area contributed by atoms with Crippen LogP contribution in [0, 0.1) is 13.8 Å². The second-order valence-corrected chi connectivity index (χ2v) is 4.92. The van der Waals surface area contributed by atoms with Gasteiger partial charge in [-0.25, -0.2) is 0 Å². The highest BCUT2D eigenvalue weighted by molar-refractivity contribution is 5.93. The van der Waals surface area contributed by atoms with E-state index in [0.29, 0.717) is 12.6 Å². The first-order chi connectivity index (χ1) is 8.58. The van der Waals surface area contributed by atoms with E-state index in [1.807, 2.05) is 20.9 Å². The average molecular weight is 251 g/mol. The van der Waals surface area contributed by atoms with Gasteiger partial charge >= 0.3 is 0 Å². The second-order valence-electron chi connectivity index (χ2n) is 4.92. The van der Waals surface area contributed by atoms with Crippen LogP contribution in [-0.2, 0) is 4.79 Å². The lowest BCUT2D eigenvalue weighted by molar-refractivity contribution is -0.117. The van der Waals surface area contributed by atoms with E-state index in [0.717, 1.165) is 36.6 Å². The molecule has 0 bridgehead atoms. The third-order valence-electron chi connectivity index (χ3n) is 3.44. The van der Waals surface area contributed by atoms with E-state index in [1.165, 1.54) is 0 Å². The minimum absolute atomic E-state index is 0.0111. The van der Waals surface area contributed by atoms with Gasteiger partial charge in [0.25, 0.3) is 0 Å². The molecule has 1 saturated heterocycles. The smallest absolute Gasteiger partial charge is 0.238 e. The van der Waals surface area contributed by atoms with Gasteiger partial charge in [-0.3, -0.25) is 14.8 Å².